The van der Waals surface area contributed by atoms with Gasteiger partial charge in [0.1, 0.15) is 23.8 Å². The molecule has 1 fully saturated rings. The Balaban J connectivity index is 1.55. The van der Waals surface area contributed by atoms with Gasteiger partial charge in [-0.1, -0.05) is 0 Å². The molecule has 0 unspecified atom stereocenters. The van der Waals surface area contributed by atoms with Gasteiger partial charge in [0.05, 0.1) is 31.4 Å². The lowest BCUT2D eigenvalue weighted by molar-refractivity contribution is 0.0244. The number of carbonyl (C=O) groups excluding carboxylic acids is 1. The van der Waals surface area contributed by atoms with E-state index < -0.39 is 0 Å². The van der Waals surface area contributed by atoms with Gasteiger partial charge in [-0.05, 0) is 18.2 Å². The van der Waals surface area contributed by atoms with E-state index in [0.717, 1.165) is 29.4 Å². The Morgan fingerprint density at radius 1 is 1.17 bits per heavy atom. The molecule has 5 rings (SSSR count). The predicted molar refractivity (Wildman–Crippen MR) is 129 cm³/mol. The van der Waals surface area contributed by atoms with Crippen molar-refractivity contribution >= 4 is 28.6 Å². The number of rotatable bonds is 7. The molecule has 0 spiro atoms. The Morgan fingerprint density at radius 2 is 1.97 bits per heavy atom. The fourth-order valence-corrected chi connectivity index (χ4v) is 3.96. The SMILES string of the molecule is CNC(=O)c1ccc(Nc2nc(OC3CCOCC3)c3c(-c4cncnc4)c[nH]c3n2)c(OC)c1. The lowest BCUT2D eigenvalue weighted by Gasteiger charge is -2.23. The number of H-pyrrole nitrogens is 1. The number of hydrogen-bond donors (Lipinski definition) is 3. The van der Waals surface area contributed by atoms with E-state index in [0.29, 0.717) is 47.7 Å². The molecule has 0 radical (unpaired) electrons. The molecule has 4 aromatic rings. The average Bonchev–Trinajstić information content (AvgIpc) is 3.34. The first-order valence-corrected chi connectivity index (χ1v) is 11.2. The summed E-state index contributed by atoms with van der Waals surface area (Å²) in [5, 5.41) is 6.55. The van der Waals surface area contributed by atoms with Crippen molar-refractivity contribution in [2.45, 2.75) is 18.9 Å². The first-order valence-electron chi connectivity index (χ1n) is 11.2. The summed E-state index contributed by atoms with van der Waals surface area (Å²) in [5.74, 6) is 1.05. The molecule has 1 aromatic carbocycles. The maximum atomic E-state index is 12.0. The van der Waals surface area contributed by atoms with Crippen LogP contribution in [0.25, 0.3) is 22.2 Å². The van der Waals surface area contributed by atoms with Gasteiger partial charge in [0.2, 0.25) is 11.8 Å². The molecule has 0 saturated carbocycles. The van der Waals surface area contributed by atoms with Gasteiger partial charge < -0.3 is 29.8 Å². The molecular weight excluding hydrogens is 450 g/mol. The molecule has 1 aliphatic rings. The molecule has 4 heterocycles. The van der Waals surface area contributed by atoms with Crippen LogP contribution < -0.4 is 20.1 Å². The number of methoxy groups -OCH3 is 1. The van der Waals surface area contributed by atoms with E-state index in [-0.39, 0.29) is 12.0 Å². The van der Waals surface area contributed by atoms with Crippen LogP contribution >= 0.6 is 0 Å². The number of hydrogen-bond acceptors (Lipinski definition) is 9. The number of carbonyl (C=O) groups is 1. The summed E-state index contributed by atoms with van der Waals surface area (Å²) in [7, 11) is 3.12. The number of aromatic nitrogens is 5. The second-order valence-corrected chi connectivity index (χ2v) is 7.95. The number of amides is 1. The van der Waals surface area contributed by atoms with Gasteiger partial charge in [-0.3, -0.25) is 4.79 Å². The number of fused-ring (bicyclic) bond motifs is 1. The first-order chi connectivity index (χ1) is 17.2. The van der Waals surface area contributed by atoms with E-state index in [4.69, 9.17) is 19.2 Å². The summed E-state index contributed by atoms with van der Waals surface area (Å²) in [5.41, 5.74) is 3.37. The normalized spacial score (nSPS) is 14.0. The Morgan fingerprint density at radius 3 is 2.71 bits per heavy atom. The van der Waals surface area contributed by atoms with E-state index >= 15 is 0 Å². The van der Waals surface area contributed by atoms with Gasteiger partial charge >= 0.3 is 0 Å². The predicted octanol–water partition coefficient (Wildman–Crippen LogP) is 3.08. The zero-order valence-electron chi connectivity index (χ0n) is 19.4. The minimum Gasteiger partial charge on any atom is -0.495 e. The van der Waals surface area contributed by atoms with E-state index in [1.54, 1.807) is 37.6 Å². The summed E-state index contributed by atoms with van der Waals surface area (Å²) in [4.78, 5) is 32.9. The zero-order chi connectivity index (χ0) is 24.2. The van der Waals surface area contributed by atoms with Crippen LogP contribution in [0.4, 0.5) is 11.6 Å². The number of ether oxygens (including phenoxy) is 3. The van der Waals surface area contributed by atoms with Crippen molar-refractivity contribution < 1.29 is 19.0 Å². The van der Waals surface area contributed by atoms with Gasteiger partial charge in [-0.25, -0.2) is 9.97 Å². The fourth-order valence-electron chi connectivity index (χ4n) is 3.96. The number of anilines is 2. The molecule has 180 valence electrons. The van der Waals surface area contributed by atoms with Crippen molar-refractivity contribution in [1.29, 1.82) is 0 Å². The largest absolute Gasteiger partial charge is 0.495 e. The Labute approximate surface area is 201 Å². The highest BCUT2D eigenvalue weighted by atomic mass is 16.5. The Bertz CT molecular complexity index is 1340. The second-order valence-electron chi connectivity index (χ2n) is 7.95. The molecule has 11 nitrogen and oxygen atoms in total. The quantitative estimate of drug-likeness (QED) is 0.368. The molecule has 0 aliphatic carbocycles. The maximum absolute atomic E-state index is 12.0. The third-order valence-electron chi connectivity index (χ3n) is 5.75. The molecular formula is C24H25N7O4. The second kappa shape index (κ2) is 9.94. The van der Waals surface area contributed by atoms with Crippen molar-refractivity contribution in [2.24, 2.45) is 0 Å². The average molecular weight is 476 g/mol. The topological polar surface area (TPSA) is 136 Å². The van der Waals surface area contributed by atoms with E-state index in [9.17, 15) is 4.79 Å². The zero-order valence-corrected chi connectivity index (χ0v) is 19.4. The number of benzene rings is 1. The third kappa shape index (κ3) is 4.71. The number of aromatic amines is 1. The van der Waals surface area contributed by atoms with Gasteiger partial charge in [-0.2, -0.15) is 9.97 Å². The molecule has 11 heteroatoms. The van der Waals surface area contributed by atoms with Gasteiger partial charge in [0.15, 0.2) is 0 Å². The Kier molecular flexibility index (Phi) is 6.40. The monoisotopic (exact) mass is 475 g/mol. The highest BCUT2D eigenvalue weighted by Gasteiger charge is 2.22. The summed E-state index contributed by atoms with van der Waals surface area (Å²) in [6.07, 6.45) is 8.33. The van der Waals surface area contributed by atoms with Gasteiger partial charge in [0.25, 0.3) is 5.91 Å². The van der Waals surface area contributed by atoms with Crippen LogP contribution in [0.1, 0.15) is 23.2 Å². The summed E-state index contributed by atoms with van der Waals surface area (Å²) < 4.78 is 17.3. The number of nitrogens with one attached hydrogen (secondary N) is 3. The van der Waals surface area contributed by atoms with Gasteiger partial charge in [0, 0.05) is 55.2 Å². The highest BCUT2D eigenvalue weighted by Crippen LogP contribution is 2.36. The molecule has 1 amide bonds. The van der Waals surface area contributed by atoms with Crippen LogP contribution in [-0.4, -0.2) is 64.3 Å². The van der Waals surface area contributed by atoms with Crippen LogP contribution in [0, 0.1) is 0 Å². The minimum absolute atomic E-state index is 0.0224. The molecule has 1 aliphatic heterocycles. The van der Waals surface area contributed by atoms with Crippen molar-refractivity contribution in [3.8, 4) is 22.8 Å². The first kappa shape index (κ1) is 22.5. The molecule has 35 heavy (non-hydrogen) atoms. The smallest absolute Gasteiger partial charge is 0.251 e. The van der Waals surface area contributed by atoms with Crippen molar-refractivity contribution in [2.75, 3.05) is 32.7 Å². The van der Waals surface area contributed by atoms with Crippen molar-refractivity contribution in [3.05, 3.63) is 48.7 Å². The summed E-state index contributed by atoms with van der Waals surface area (Å²) >= 11 is 0. The molecule has 0 atom stereocenters. The van der Waals surface area contributed by atoms with Crippen molar-refractivity contribution in [1.82, 2.24) is 30.2 Å². The molecule has 0 bridgehead atoms. The molecule has 3 aromatic heterocycles. The maximum Gasteiger partial charge on any atom is 0.251 e. The molecule has 3 N–H and O–H groups in total. The van der Waals surface area contributed by atoms with Crippen LogP contribution in [0.2, 0.25) is 0 Å². The van der Waals surface area contributed by atoms with Crippen molar-refractivity contribution in [3.63, 3.8) is 0 Å². The van der Waals surface area contributed by atoms with E-state index in [1.165, 1.54) is 13.4 Å². The third-order valence-corrected chi connectivity index (χ3v) is 5.75. The summed E-state index contributed by atoms with van der Waals surface area (Å²) in [6.45, 7) is 1.29. The number of nitrogens with zero attached hydrogens (tertiary/aromatic N) is 4. The Hall–Kier alpha value is -4.25. The van der Waals surface area contributed by atoms with Gasteiger partial charge in [-0.15, -0.1) is 0 Å². The standard InChI is InChI=1S/C24H25N7O4/c1-25-22(32)14-3-4-18(19(9-14)33-2)29-24-30-21-20(17(12-28-21)15-10-26-13-27-11-15)23(31-24)35-16-5-7-34-8-6-16/h3-4,9-13,16H,5-8H2,1-2H3,(H,25,32)(H2,28,29,30,31). The minimum atomic E-state index is -0.205. The molecule has 1 saturated heterocycles. The van der Waals surface area contributed by atoms with Crippen LogP contribution in [-0.2, 0) is 4.74 Å². The lowest BCUT2D eigenvalue weighted by Crippen LogP contribution is -2.26. The fraction of sp³-hybridized carbons (Fsp3) is 0.292. The van der Waals surface area contributed by atoms with E-state index in [1.807, 2.05) is 6.20 Å². The van der Waals surface area contributed by atoms with E-state index in [2.05, 4.69) is 30.6 Å². The van der Waals surface area contributed by atoms with Crippen LogP contribution in [0.15, 0.2) is 43.1 Å². The van der Waals surface area contributed by atoms with Crippen LogP contribution in [0.3, 0.4) is 0 Å². The van der Waals surface area contributed by atoms with Crippen LogP contribution in [0.5, 0.6) is 11.6 Å². The highest BCUT2D eigenvalue weighted by molar-refractivity contribution is 5.98. The summed E-state index contributed by atoms with van der Waals surface area (Å²) in [6, 6.07) is 5.10. The lowest BCUT2D eigenvalue weighted by atomic mass is 10.1.